The van der Waals surface area contributed by atoms with Gasteiger partial charge in [-0.2, -0.15) is 0 Å². The molecule has 0 rings (SSSR count). The van der Waals surface area contributed by atoms with Crippen LogP contribution in [0, 0.1) is 0 Å². The van der Waals surface area contributed by atoms with Crippen LogP contribution in [0.4, 0.5) is 0 Å². The molecule has 0 radical (unpaired) electrons. The molecule has 0 aliphatic carbocycles. The highest BCUT2D eigenvalue weighted by Gasteiger charge is 2.14. The van der Waals surface area contributed by atoms with E-state index < -0.39 is 12.2 Å². The van der Waals surface area contributed by atoms with Gasteiger partial charge in [0.1, 0.15) is 0 Å². The quantitative estimate of drug-likeness (QED) is 0.375. The monoisotopic (exact) mass is 302 g/mol. The van der Waals surface area contributed by atoms with Crippen molar-refractivity contribution in [2.45, 2.75) is 109 Å². The van der Waals surface area contributed by atoms with Crippen molar-refractivity contribution in [1.82, 2.24) is 0 Å². The molecule has 0 spiro atoms. The predicted octanol–water partition coefficient (Wildman–Crippen LogP) is 4.18. The van der Waals surface area contributed by atoms with Crippen LogP contribution in [0.1, 0.15) is 96.8 Å². The van der Waals surface area contributed by atoms with Gasteiger partial charge in [0.05, 0.1) is 12.2 Å². The highest BCUT2D eigenvalue weighted by Crippen LogP contribution is 2.14. The predicted molar refractivity (Wildman–Crippen MR) is 89.4 cm³/mol. The largest absolute Gasteiger partial charge is 0.396 e. The average Bonchev–Trinajstić information content (AvgIpc) is 2.49. The van der Waals surface area contributed by atoms with Gasteiger partial charge in [-0.15, -0.1) is 0 Å². The third kappa shape index (κ3) is 14.6. The molecular weight excluding hydrogens is 264 g/mol. The number of aliphatic hydroxyl groups is 3. The van der Waals surface area contributed by atoms with Crippen molar-refractivity contribution in [3.05, 3.63) is 0 Å². The smallest absolute Gasteiger partial charge is 0.0799 e. The molecule has 0 aliphatic rings. The van der Waals surface area contributed by atoms with Crippen molar-refractivity contribution in [3.8, 4) is 0 Å². The fourth-order valence-electron chi connectivity index (χ4n) is 2.69. The van der Waals surface area contributed by atoms with Crippen molar-refractivity contribution in [1.29, 1.82) is 0 Å². The first kappa shape index (κ1) is 20.9. The summed E-state index contributed by atoms with van der Waals surface area (Å²) in [5, 5.41) is 28.4. The third-order valence-electron chi connectivity index (χ3n) is 4.21. The van der Waals surface area contributed by atoms with Gasteiger partial charge < -0.3 is 15.3 Å². The Kier molecular flexibility index (Phi) is 16.2. The van der Waals surface area contributed by atoms with Crippen molar-refractivity contribution in [2.24, 2.45) is 0 Å². The molecule has 0 aromatic rings. The summed E-state index contributed by atoms with van der Waals surface area (Å²) in [6.45, 7) is 2.47. The SMILES string of the molecule is CCCCCC(O)C(O)CCCCCCCCCCCO. The second-order valence-corrected chi connectivity index (χ2v) is 6.32. The van der Waals surface area contributed by atoms with E-state index in [-0.39, 0.29) is 0 Å². The Labute approximate surface area is 131 Å². The molecule has 0 aliphatic heterocycles. The topological polar surface area (TPSA) is 60.7 Å². The molecule has 0 bridgehead atoms. The first-order valence-electron chi connectivity index (χ1n) is 9.19. The summed E-state index contributed by atoms with van der Waals surface area (Å²) in [5.41, 5.74) is 0. The summed E-state index contributed by atoms with van der Waals surface area (Å²) in [6, 6.07) is 0. The summed E-state index contributed by atoms with van der Waals surface area (Å²) in [4.78, 5) is 0. The van der Waals surface area contributed by atoms with E-state index in [0.717, 1.165) is 57.8 Å². The third-order valence-corrected chi connectivity index (χ3v) is 4.21. The van der Waals surface area contributed by atoms with Crippen LogP contribution >= 0.6 is 0 Å². The van der Waals surface area contributed by atoms with E-state index in [1.807, 2.05) is 0 Å². The van der Waals surface area contributed by atoms with Crippen LogP contribution in [-0.2, 0) is 0 Å². The molecule has 3 N–H and O–H groups in total. The zero-order valence-corrected chi connectivity index (χ0v) is 14.1. The molecule has 0 aromatic carbocycles. The van der Waals surface area contributed by atoms with Crippen LogP contribution in [0.2, 0.25) is 0 Å². The lowest BCUT2D eigenvalue weighted by Gasteiger charge is -2.17. The van der Waals surface area contributed by atoms with E-state index in [0.29, 0.717) is 6.61 Å². The lowest BCUT2D eigenvalue weighted by molar-refractivity contribution is 0.00718. The Hall–Kier alpha value is -0.120. The van der Waals surface area contributed by atoms with Gasteiger partial charge >= 0.3 is 0 Å². The van der Waals surface area contributed by atoms with Crippen LogP contribution < -0.4 is 0 Å². The second-order valence-electron chi connectivity index (χ2n) is 6.32. The minimum absolute atomic E-state index is 0.326. The first-order valence-corrected chi connectivity index (χ1v) is 9.19. The molecule has 0 heterocycles. The van der Waals surface area contributed by atoms with Gasteiger partial charge in [-0.05, 0) is 19.3 Å². The van der Waals surface area contributed by atoms with E-state index >= 15 is 0 Å². The molecule has 2 atom stereocenters. The lowest BCUT2D eigenvalue weighted by Crippen LogP contribution is -2.25. The Balaban J connectivity index is 3.25. The zero-order valence-electron chi connectivity index (χ0n) is 14.1. The Bertz CT molecular complexity index is 197. The average molecular weight is 302 g/mol. The molecule has 0 aromatic heterocycles. The number of rotatable bonds is 16. The van der Waals surface area contributed by atoms with Crippen LogP contribution in [0.25, 0.3) is 0 Å². The Morgan fingerprint density at radius 2 is 0.952 bits per heavy atom. The second kappa shape index (κ2) is 16.3. The van der Waals surface area contributed by atoms with Crippen LogP contribution in [0.5, 0.6) is 0 Å². The van der Waals surface area contributed by atoms with Gasteiger partial charge in [0.15, 0.2) is 0 Å². The van der Waals surface area contributed by atoms with Crippen molar-refractivity contribution in [3.63, 3.8) is 0 Å². The van der Waals surface area contributed by atoms with E-state index in [1.165, 1.54) is 32.1 Å². The standard InChI is InChI=1S/C18H38O3/c1-2-3-11-14-17(20)18(21)15-12-9-7-5-4-6-8-10-13-16-19/h17-21H,2-16H2,1H3. The Morgan fingerprint density at radius 3 is 1.38 bits per heavy atom. The van der Waals surface area contributed by atoms with E-state index in [4.69, 9.17) is 5.11 Å². The molecule has 21 heavy (non-hydrogen) atoms. The highest BCUT2D eigenvalue weighted by molar-refractivity contribution is 4.67. The highest BCUT2D eigenvalue weighted by atomic mass is 16.3. The molecule has 0 saturated carbocycles. The van der Waals surface area contributed by atoms with Gasteiger partial charge in [0.2, 0.25) is 0 Å². The van der Waals surface area contributed by atoms with Crippen molar-refractivity contribution < 1.29 is 15.3 Å². The molecule has 3 heteroatoms. The van der Waals surface area contributed by atoms with E-state index in [2.05, 4.69) is 6.92 Å². The minimum atomic E-state index is -0.527. The van der Waals surface area contributed by atoms with Crippen LogP contribution in [-0.4, -0.2) is 34.1 Å². The molecular formula is C18H38O3. The van der Waals surface area contributed by atoms with Gasteiger partial charge in [0.25, 0.3) is 0 Å². The maximum atomic E-state index is 9.87. The Morgan fingerprint density at radius 1 is 0.571 bits per heavy atom. The van der Waals surface area contributed by atoms with E-state index in [1.54, 1.807) is 0 Å². The normalized spacial score (nSPS) is 14.3. The number of unbranched alkanes of at least 4 members (excludes halogenated alkanes) is 10. The van der Waals surface area contributed by atoms with Gasteiger partial charge in [0, 0.05) is 6.61 Å². The molecule has 0 amide bonds. The molecule has 2 unspecified atom stereocenters. The minimum Gasteiger partial charge on any atom is -0.396 e. The summed E-state index contributed by atoms with van der Waals surface area (Å²) in [6.07, 6.45) is 14.3. The zero-order chi connectivity index (χ0) is 15.8. The van der Waals surface area contributed by atoms with Crippen LogP contribution in [0.15, 0.2) is 0 Å². The van der Waals surface area contributed by atoms with Gasteiger partial charge in [-0.25, -0.2) is 0 Å². The fraction of sp³-hybridized carbons (Fsp3) is 1.00. The summed E-state index contributed by atoms with van der Waals surface area (Å²) in [7, 11) is 0. The maximum absolute atomic E-state index is 9.87. The van der Waals surface area contributed by atoms with Crippen molar-refractivity contribution in [2.75, 3.05) is 6.61 Å². The summed E-state index contributed by atoms with van der Waals surface area (Å²) < 4.78 is 0. The number of hydrogen-bond donors (Lipinski definition) is 3. The van der Waals surface area contributed by atoms with Crippen LogP contribution in [0.3, 0.4) is 0 Å². The molecule has 128 valence electrons. The lowest BCUT2D eigenvalue weighted by atomic mass is 10.00. The summed E-state index contributed by atoms with van der Waals surface area (Å²) in [5.74, 6) is 0. The first-order chi connectivity index (χ1) is 10.2. The number of aliphatic hydroxyl groups excluding tert-OH is 3. The molecule has 3 nitrogen and oxygen atoms in total. The fourth-order valence-corrected chi connectivity index (χ4v) is 2.69. The molecule has 0 saturated heterocycles. The number of hydrogen-bond acceptors (Lipinski definition) is 3. The van der Waals surface area contributed by atoms with Gasteiger partial charge in [-0.3, -0.25) is 0 Å². The van der Waals surface area contributed by atoms with Gasteiger partial charge in [-0.1, -0.05) is 77.6 Å². The maximum Gasteiger partial charge on any atom is 0.0799 e. The van der Waals surface area contributed by atoms with E-state index in [9.17, 15) is 10.2 Å². The molecule has 0 fully saturated rings. The summed E-state index contributed by atoms with van der Waals surface area (Å²) >= 11 is 0. The van der Waals surface area contributed by atoms with Crippen molar-refractivity contribution >= 4 is 0 Å².